The van der Waals surface area contributed by atoms with Crippen LogP contribution in [0.3, 0.4) is 0 Å². The Kier molecular flexibility index (Phi) is 4.53. The first-order chi connectivity index (χ1) is 12.7. The lowest BCUT2D eigenvalue weighted by atomic mass is 10.1. The number of rotatable bonds is 5. The second-order valence-electron chi connectivity index (χ2n) is 5.86. The molecule has 0 saturated heterocycles. The van der Waals surface area contributed by atoms with Crippen LogP contribution in [0.4, 0.5) is 0 Å². The first-order valence-electron chi connectivity index (χ1n) is 8.20. The van der Waals surface area contributed by atoms with Gasteiger partial charge >= 0.3 is 0 Å². The van der Waals surface area contributed by atoms with Crippen molar-refractivity contribution in [1.82, 2.24) is 25.0 Å². The van der Waals surface area contributed by atoms with E-state index in [-0.39, 0.29) is 0 Å². The molecule has 0 amide bonds. The lowest BCUT2D eigenvalue weighted by Crippen LogP contribution is -1.98. The van der Waals surface area contributed by atoms with Gasteiger partial charge in [-0.1, -0.05) is 47.7 Å². The SMILES string of the molecule is Cc1cccc(-c2nnc(CSc3nnc(C)n3-c3ccccc3)o2)c1. The Morgan fingerprint density at radius 1 is 0.923 bits per heavy atom. The molecule has 130 valence electrons. The van der Waals surface area contributed by atoms with Gasteiger partial charge in [0.1, 0.15) is 5.82 Å². The minimum atomic E-state index is 0.532. The zero-order chi connectivity index (χ0) is 17.9. The second kappa shape index (κ2) is 7.13. The van der Waals surface area contributed by atoms with Gasteiger partial charge < -0.3 is 4.42 Å². The van der Waals surface area contributed by atoms with Crippen molar-refractivity contribution in [2.24, 2.45) is 0 Å². The largest absolute Gasteiger partial charge is 0.420 e. The zero-order valence-corrected chi connectivity index (χ0v) is 15.3. The molecule has 7 heteroatoms. The van der Waals surface area contributed by atoms with E-state index in [9.17, 15) is 0 Å². The zero-order valence-electron chi connectivity index (χ0n) is 14.5. The van der Waals surface area contributed by atoms with Crippen molar-refractivity contribution in [2.45, 2.75) is 24.8 Å². The summed E-state index contributed by atoms with van der Waals surface area (Å²) in [4.78, 5) is 0. The van der Waals surface area contributed by atoms with E-state index < -0.39 is 0 Å². The molecule has 0 N–H and O–H groups in total. The van der Waals surface area contributed by atoms with Gasteiger partial charge in [-0.25, -0.2) is 0 Å². The van der Waals surface area contributed by atoms with E-state index in [1.165, 1.54) is 11.8 Å². The van der Waals surface area contributed by atoms with Crippen LogP contribution in [0.25, 0.3) is 17.1 Å². The van der Waals surface area contributed by atoms with Crippen LogP contribution in [0.5, 0.6) is 0 Å². The molecule has 0 aliphatic heterocycles. The highest BCUT2D eigenvalue weighted by atomic mass is 32.2. The number of para-hydroxylation sites is 1. The highest BCUT2D eigenvalue weighted by molar-refractivity contribution is 7.98. The van der Waals surface area contributed by atoms with Crippen molar-refractivity contribution in [1.29, 1.82) is 0 Å². The molecule has 6 nitrogen and oxygen atoms in total. The fraction of sp³-hybridized carbons (Fsp3) is 0.158. The van der Waals surface area contributed by atoms with Crippen molar-refractivity contribution in [3.8, 4) is 17.1 Å². The van der Waals surface area contributed by atoms with Crippen LogP contribution in [-0.4, -0.2) is 25.0 Å². The van der Waals surface area contributed by atoms with E-state index in [2.05, 4.69) is 20.4 Å². The Hall–Kier alpha value is -2.93. The molecule has 26 heavy (non-hydrogen) atoms. The van der Waals surface area contributed by atoms with Crippen LogP contribution in [0.15, 0.2) is 64.2 Å². The smallest absolute Gasteiger partial charge is 0.247 e. The fourth-order valence-electron chi connectivity index (χ4n) is 2.64. The number of aromatic nitrogens is 5. The maximum Gasteiger partial charge on any atom is 0.247 e. The van der Waals surface area contributed by atoms with Crippen molar-refractivity contribution in [2.75, 3.05) is 0 Å². The van der Waals surface area contributed by atoms with Gasteiger partial charge in [-0.15, -0.1) is 20.4 Å². The maximum atomic E-state index is 5.80. The van der Waals surface area contributed by atoms with Crippen molar-refractivity contribution in [3.63, 3.8) is 0 Å². The predicted octanol–water partition coefficient (Wildman–Crippen LogP) is 4.23. The lowest BCUT2D eigenvalue weighted by Gasteiger charge is -2.07. The summed E-state index contributed by atoms with van der Waals surface area (Å²) in [7, 11) is 0. The Labute approximate surface area is 155 Å². The van der Waals surface area contributed by atoms with Gasteiger partial charge in [0.2, 0.25) is 11.8 Å². The van der Waals surface area contributed by atoms with E-state index >= 15 is 0 Å². The normalized spacial score (nSPS) is 11.0. The van der Waals surface area contributed by atoms with E-state index in [1.54, 1.807) is 0 Å². The predicted molar refractivity (Wildman–Crippen MR) is 100 cm³/mol. The quantitative estimate of drug-likeness (QED) is 0.494. The first kappa shape index (κ1) is 16.5. The molecule has 0 bridgehead atoms. The Balaban J connectivity index is 1.52. The molecular weight excluding hydrogens is 346 g/mol. The summed E-state index contributed by atoms with van der Waals surface area (Å²) in [6.45, 7) is 3.97. The standard InChI is InChI=1S/C19H17N5OS/c1-13-7-6-8-15(11-13)18-22-21-17(25-18)12-26-19-23-20-14(2)24(19)16-9-4-3-5-10-16/h3-11H,12H2,1-2H3. The van der Waals surface area contributed by atoms with Gasteiger partial charge in [0.15, 0.2) is 5.16 Å². The molecule has 4 rings (SSSR count). The summed E-state index contributed by atoms with van der Waals surface area (Å²) in [6, 6.07) is 18.0. The Morgan fingerprint density at radius 2 is 1.77 bits per heavy atom. The van der Waals surface area contributed by atoms with Crippen LogP contribution in [0.2, 0.25) is 0 Å². The van der Waals surface area contributed by atoms with Gasteiger partial charge in [-0.2, -0.15) is 0 Å². The molecule has 0 spiro atoms. The molecule has 2 aromatic carbocycles. The lowest BCUT2D eigenvalue weighted by molar-refractivity contribution is 0.528. The van der Waals surface area contributed by atoms with Gasteiger partial charge in [0.25, 0.3) is 0 Å². The molecular formula is C19H17N5OS. The van der Waals surface area contributed by atoms with Gasteiger partial charge in [0.05, 0.1) is 5.75 Å². The van der Waals surface area contributed by atoms with Crippen molar-refractivity contribution < 1.29 is 4.42 Å². The van der Waals surface area contributed by atoms with E-state index in [0.29, 0.717) is 17.5 Å². The molecule has 0 saturated carbocycles. The fourth-order valence-corrected chi connectivity index (χ4v) is 3.48. The summed E-state index contributed by atoms with van der Waals surface area (Å²) in [5.41, 5.74) is 3.11. The van der Waals surface area contributed by atoms with Gasteiger partial charge in [-0.3, -0.25) is 4.57 Å². The summed E-state index contributed by atoms with van der Waals surface area (Å²) in [5.74, 6) is 2.46. The number of hydrogen-bond acceptors (Lipinski definition) is 6. The minimum Gasteiger partial charge on any atom is -0.420 e. The summed E-state index contributed by atoms with van der Waals surface area (Å²) in [6.07, 6.45) is 0. The van der Waals surface area contributed by atoms with Crippen LogP contribution in [0.1, 0.15) is 17.3 Å². The minimum absolute atomic E-state index is 0.532. The van der Waals surface area contributed by atoms with Crippen LogP contribution < -0.4 is 0 Å². The average Bonchev–Trinajstić information content (AvgIpc) is 3.27. The number of nitrogens with zero attached hydrogens (tertiary/aromatic N) is 5. The average molecular weight is 363 g/mol. The molecule has 2 aromatic heterocycles. The van der Waals surface area contributed by atoms with Crippen LogP contribution in [-0.2, 0) is 5.75 Å². The number of hydrogen-bond donors (Lipinski definition) is 0. The molecule has 0 fully saturated rings. The number of benzene rings is 2. The van der Waals surface area contributed by atoms with Gasteiger partial charge in [0, 0.05) is 11.3 Å². The van der Waals surface area contributed by atoms with Crippen LogP contribution >= 0.6 is 11.8 Å². The highest BCUT2D eigenvalue weighted by Gasteiger charge is 2.14. The summed E-state index contributed by atoms with van der Waals surface area (Å²) < 4.78 is 7.81. The maximum absolute atomic E-state index is 5.80. The third-order valence-electron chi connectivity index (χ3n) is 3.87. The van der Waals surface area contributed by atoms with Crippen LogP contribution in [0, 0.1) is 13.8 Å². The summed E-state index contributed by atoms with van der Waals surface area (Å²) >= 11 is 1.52. The monoisotopic (exact) mass is 363 g/mol. The molecule has 0 unspecified atom stereocenters. The van der Waals surface area contributed by atoms with E-state index in [0.717, 1.165) is 27.8 Å². The summed E-state index contributed by atoms with van der Waals surface area (Å²) in [5, 5.41) is 17.6. The number of thioether (sulfide) groups is 1. The molecule has 0 aliphatic rings. The van der Waals surface area contributed by atoms with E-state index in [1.807, 2.05) is 73.0 Å². The molecule has 4 aromatic rings. The van der Waals surface area contributed by atoms with Crippen molar-refractivity contribution >= 4 is 11.8 Å². The molecule has 2 heterocycles. The van der Waals surface area contributed by atoms with Crippen molar-refractivity contribution in [3.05, 3.63) is 71.9 Å². The third-order valence-corrected chi connectivity index (χ3v) is 4.78. The Bertz CT molecular complexity index is 1030. The van der Waals surface area contributed by atoms with Gasteiger partial charge in [-0.05, 0) is 38.1 Å². The second-order valence-corrected chi connectivity index (χ2v) is 6.80. The first-order valence-corrected chi connectivity index (χ1v) is 9.19. The molecule has 0 aliphatic carbocycles. The molecule has 0 atom stereocenters. The topological polar surface area (TPSA) is 69.6 Å². The Morgan fingerprint density at radius 3 is 2.58 bits per heavy atom. The molecule has 0 radical (unpaired) electrons. The highest BCUT2D eigenvalue weighted by Crippen LogP contribution is 2.26. The number of aryl methyl sites for hydroxylation is 2. The van der Waals surface area contributed by atoms with E-state index in [4.69, 9.17) is 4.42 Å². The third kappa shape index (κ3) is 3.39.